The average Bonchev–Trinajstić information content (AvgIpc) is 3.42. The van der Waals surface area contributed by atoms with Gasteiger partial charge < -0.3 is 0 Å². The predicted molar refractivity (Wildman–Crippen MR) is 202 cm³/mol. The van der Waals surface area contributed by atoms with E-state index in [1.54, 1.807) is 0 Å². The van der Waals surface area contributed by atoms with E-state index in [1.807, 2.05) is 0 Å². The zero-order chi connectivity index (χ0) is 30.5. The number of hydrogen-bond donors (Lipinski definition) is 0. The van der Waals surface area contributed by atoms with Gasteiger partial charge in [-0.3, -0.25) is 0 Å². The maximum Gasteiger partial charge on any atom is 0.0554 e. The first-order chi connectivity index (χ1) is 22.7. The Morgan fingerprint density at radius 2 is 0.978 bits per heavy atom. The van der Waals surface area contributed by atoms with Crippen molar-refractivity contribution < 1.29 is 0 Å². The van der Waals surface area contributed by atoms with Gasteiger partial charge in [-0.1, -0.05) is 139 Å². The summed E-state index contributed by atoms with van der Waals surface area (Å²) in [5.41, 5.74) is 10.3. The molecule has 0 radical (unpaired) electrons. The van der Waals surface area contributed by atoms with Crippen molar-refractivity contribution in [1.29, 1.82) is 0 Å². The van der Waals surface area contributed by atoms with E-state index in [1.165, 1.54) is 93.0 Å². The molecule has 0 nitrogen and oxygen atoms in total. The van der Waals surface area contributed by atoms with Crippen LogP contribution in [0.2, 0.25) is 5.02 Å². The van der Waals surface area contributed by atoms with Gasteiger partial charge in [0, 0.05) is 4.47 Å². The molecule has 0 unspecified atom stereocenters. The maximum atomic E-state index is 6.57. The van der Waals surface area contributed by atoms with E-state index in [9.17, 15) is 0 Å². The molecule has 0 saturated carbocycles. The lowest BCUT2D eigenvalue weighted by atomic mass is 9.80. The van der Waals surface area contributed by atoms with Crippen LogP contribution in [0.4, 0.5) is 0 Å². The van der Waals surface area contributed by atoms with Crippen molar-refractivity contribution in [3.63, 3.8) is 0 Å². The highest BCUT2D eigenvalue weighted by Gasteiger charge is 2.31. The highest BCUT2D eigenvalue weighted by Crippen LogP contribution is 2.59. The van der Waals surface area contributed by atoms with Crippen molar-refractivity contribution in [3.8, 4) is 44.5 Å². The zero-order valence-corrected chi connectivity index (χ0v) is 27.0. The Balaban J connectivity index is 1.50. The molecule has 214 valence electrons. The SMILES string of the molecule is Clc1cc2ccc3c(ccc4c(-c5ccccc5)c5c(c(-c6ccccc6)c43)-c3cccc4c3c-5cc3ccccc34)c2cc1Br. The van der Waals surface area contributed by atoms with Crippen LogP contribution < -0.4 is 0 Å². The van der Waals surface area contributed by atoms with Crippen LogP contribution in [0.25, 0.3) is 98.4 Å². The fourth-order valence-electron chi connectivity index (χ4n) is 8.03. The van der Waals surface area contributed by atoms with E-state index in [4.69, 9.17) is 11.6 Å². The quantitative estimate of drug-likeness (QED) is 0.161. The zero-order valence-electron chi connectivity index (χ0n) is 24.6. The summed E-state index contributed by atoms with van der Waals surface area (Å²) in [5.74, 6) is 0. The van der Waals surface area contributed by atoms with Gasteiger partial charge in [0.25, 0.3) is 0 Å². The van der Waals surface area contributed by atoms with Crippen LogP contribution in [0.5, 0.6) is 0 Å². The van der Waals surface area contributed by atoms with Crippen LogP contribution in [-0.2, 0) is 0 Å². The highest BCUT2D eigenvalue weighted by molar-refractivity contribution is 9.10. The third-order valence-corrected chi connectivity index (χ3v) is 11.1. The number of fused-ring (bicyclic) bond motifs is 10. The summed E-state index contributed by atoms with van der Waals surface area (Å²) in [4.78, 5) is 0. The molecule has 9 aromatic rings. The van der Waals surface area contributed by atoms with Gasteiger partial charge >= 0.3 is 0 Å². The van der Waals surface area contributed by atoms with Crippen LogP contribution >= 0.6 is 27.5 Å². The lowest BCUT2D eigenvalue weighted by molar-refractivity contribution is 1.63. The molecule has 0 fully saturated rings. The molecule has 46 heavy (non-hydrogen) atoms. The second-order valence-electron chi connectivity index (χ2n) is 12.2. The van der Waals surface area contributed by atoms with Gasteiger partial charge in [0.1, 0.15) is 0 Å². The molecular formula is C44H24BrCl. The molecule has 1 aliphatic carbocycles. The van der Waals surface area contributed by atoms with Crippen LogP contribution in [0.15, 0.2) is 150 Å². The molecule has 0 bridgehead atoms. The van der Waals surface area contributed by atoms with Crippen molar-refractivity contribution in [2.75, 3.05) is 0 Å². The number of rotatable bonds is 2. The average molecular weight is 668 g/mol. The third-order valence-electron chi connectivity index (χ3n) is 9.88. The monoisotopic (exact) mass is 666 g/mol. The van der Waals surface area contributed by atoms with Gasteiger partial charge in [-0.25, -0.2) is 0 Å². The lowest BCUT2D eigenvalue weighted by Gasteiger charge is -2.22. The first-order valence-electron chi connectivity index (χ1n) is 15.6. The molecule has 2 heteroatoms. The maximum absolute atomic E-state index is 6.57. The molecule has 9 aromatic carbocycles. The lowest BCUT2D eigenvalue weighted by Crippen LogP contribution is -1.95. The predicted octanol–water partition coefficient (Wildman–Crippen LogP) is 13.8. The molecule has 0 amide bonds. The van der Waals surface area contributed by atoms with E-state index in [-0.39, 0.29) is 0 Å². The standard InChI is InChI=1S/C44H24BrCl/c45-37-24-35-28(23-38(37)46)18-19-32-30(35)20-21-34-39(25-10-3-1-4-11-25)44-36-22-27-14-7-8-15-29(27)31-16-9-17-33(41(31)36)43(44)40(42(32)34)26-12-5-2-6-13-26/h1-24H. The van der Waals surface area contributed by atoms with Gasteiger partial charge in [0.15, 0.2) is 0 Å². The second-order valence-corrected chi connectivity index (χ2v) is 13.5. The molecule has 10 rings (SSSR count). The summed E-state index contributed by atoms with van der Waals surface area (Å²) >= 11 is 10.3. The van der Waals surface area contributed by atoms with Crippen LogP contribution in [0.1, 0.15) is 0 Å². The van der Waals surface area contributed by atoms with Gasteiger partial charge in [-0.05, 0) is 132 Å². The molecule has 0 saturated heterocycles. The van der Waals surface area contributed by atoms with Crippen molar-refractivity contribution in [1.82, 2.24) is 0 Å². The van der Waals surface area contributed by atoms with E-state index in [0.29, 0.717) is 0 Å². The molecule has 0 heterocycles. The molecule has 0 atom stereocenters. The highest BCUT2D eigenvalue weighted by atomic mass is 79.9. The Bertz CT molecular complexity index is 2740. The normalized spacial score (nSPS) is 12.1. The van der Waals surface area contributed by atoms with Gasteiger partial charge in [0.05, 0.1) is 5.02 Å². The topological polar surface area (TPSA) is 0 Å². The smallest absolute Gasteiger partial charge is 0.0554 e. The Labute approximate surface area is 279 Å². The molecule has 0 aromatic heterocycles. The summed E-state index contributed by atoms with van der Waals surface area (Å²) in [6.45, 7) is 0. The van der Waals surface area contributed by atoms with Crippen molar-refractivity contribution in [2.24, 2.45) is 0 Å². The van der Waals surface area contributed by atoms with Crippen LogP contribution in [0, 0.1) is 0 Å². The first kappa shape index (κ1) is 26.3. The Morgan fingerprint density at radius 3 is 1.78 bits per heavy atom. The van der Waals surface area contributed by atoms with Crippen molar-refractivity contribution in [3.05, 3.63) is 155 Å². The minimum absolute atomic E-state index is 0.722. The van der Waals surface area contributed by atoms with Crippen LogP contribution in [0.3, 0.4) is 0 Å². The summed E-state index contributed by atoms with van der Waals surface area (Å²) in [6, 6.07) is 53.5. The van der Waals surface area contributed by atoms with E-state index < -0.39 is 0 Å². The summed E-state index contributed by atoms with van der Waals surface area (Å²) in [6.07, 6.45) is 0. The van der Waals surface area contributed by atoms with Gasteiger partial charge in [-0.15, -0.1) is 0 Å². The number of benzene rings is 9. The van der Waals surface area contributed by atoms with Gasteiger partial charge in [-0.2, -0.15) is 0 Å². The van der Waals surface area contributed by atoms with E-state index >= 15 is 0 Å². The fraction of sp³-hybridized carbons (Fsp3) is 0. The summed E-state index contributed by atoms with van der Waals surface area (Å²) < 4.78 is 0.908. The minimum Gasteiger partial charge on any atom is -0.0831 e. The Hall–Kier alpha value is -4.95. The fourth-order valence-corrected chi connectivity index (χ4v) is 8.54. The Kier molecular flexibility index (Phi) is 5.58. The summed E-state index contributed by atoms with van der Waals surface area (Å²) in [5, 5.41) is 13.3. The number of hydrogen-bond acceptors (Lipinski definition) is 0. The summed E-state index contributed by atoms with van der Waals surface area (Å²) in [7, 11) is 0. The Morgan fingerprint density at radius 1 is 0.370 bits per heavy atom. The van der Waals surface area contributed by atoms with Gasteiger partial charge in [0.2, 0.25) is 0 Å². The molecule has 0 aliphatic heterocycles. The molecule has 0 spiro atoms. The van der Waals surface area contributed by atoms with Crippen LogP contribution in [-0.4, -0.2) is 0 Å². The number of halogens is 2. The second kappa shape index (κ2) is 9.77. The first-order valence-corrected chi connectivity index (χ1v) is 16.7. The third kappa shape index (κ3) is 3.56. The van der Waals surface area contributed by atoms with Crippen molar-refractivity contribution >= 4 is 81.4 Å². The molecule has 0 N–H and O–H groups in total. The van der Waals surface area contributed by atoms with E-state index in [2.05, 4.69) is 162 Å². The van der Waals surface area contributed by atoms with Crippen molar-refractivity contribution in [2.45, 2.75) is 0 Å². The largest absolute Gasteiger partial charge is 0.0831 e. The molecule has 1 aliphatic rings. The minimum atomic E-state index is 0.722. The molecular weight excluding hydrogens is 644 g/mol. The van der Waals surface area contributed by atoms with E-state index in [0.717, 1.165) is 14.9 Å².